The smallest absolute Gasteiger partial charge is 0.287 e. The molecule has 0 spiro atoms. The first-order valence-corrected chi connectivity index (χ1v) is 4.08. The van der Waals surface area contributed by atoms with E-state index in [4.69, 9.17) is 9.15 Å². The summed E-state index contributed by atoms with van der Waals surface area (Å²) in [4.78, 5) is 11.3. The lowest BCUT2D eigenvalue weighted by molar-refractivity contribution is 0.0846. The van der Waals surface area contributed by atoms with E-state index in [1.54, 1.807) is 19.2 Å². The zero-order valence-corrected chi connectivity index (χ0v) is 7.74. The molecule has 0 saturated carbocycles. The summed E-state index contributed by atoms with van der Waals surface area (Å²) in [5, 5.41) is 2.68. The number of ether oxygens (including phenoxy) is 1. The van der Waals surface area contributed by atoms with Gasteiger partial charge in [0.1, 0.15) is 0 Å². The standard InChI is InChI=1S/C9H13NO3/c1-7(12-2)6-10-9(11)8-4-3-5-13-8/h3-5,7H,6H2,1-2H3,(H,10,11). The predicted octanol–water partition coefficient (Wildman–Crippen LogP) is 1.04. The summed E-state index contributed by atoms with van der Waals surface area (Å²) < 4.78 is 9.88. The zero-order chi connectivity index (χ0) is 9.68. The number of hydrogen-bond acceptors (Lipinski definition) is 3. The molecule has 1 heterocycles. The van der Waals surface area contributed by atoms with Gasteiger partial charge in [0, 0.05) is 13.7 Å². The van der Waals surface area contributed by atoms with Crippen LogP contribution in [0.5, 0.6) is 0 Å². The summed E-state index contributed by atoms with van der Waals surface area (Å²) in [5.74, 6) is 0.109. The fourth-order valence-electron chi connectivity index (χ4n) is 0.815. The highest BCUT2D eigenvalue weighted by atomic mass is 16.5. The molecular formula is C9H13NO3. The van der Waals surface area contributed by atoms with Gasteiger partial charge in [0.15, 0.2) is 5.76 Å². The van der Waals surface area contributed by atoms with E-state index < -0.39 is 0 Å². The van der Waals surface area contributed by atoms with Crippen LogP contribution in [0.3, 0.4) is 0 Å². The molecule has 0 radical (unpaired) electrons. The van der Waals surface area contributed by atoms with E-state index in [0.717, 1.165) is 0 Å². The molecule has 0 saturated heterocycles. The Labute approximate surface area is 76.9 Å². The van der Waals surface area contributed by atoms with Crippen LogP contribution in [-0.2, 0) is 4.74 Å². The molecule has 1 rings (SSSR count). The Morgan fingerprint density at radius 2 is 2.54 bits per heavy atom. The Balaban J connectivity index is 2.35. The van der Waals surface area contributed by atoms with Crippen LogP contribution in [0, 0.1) is 0 Å². The fourth-order valence-corrected chi connectivity index (χ4v) is 0.815. The van der Waals surface area contributed by atoms with Crippen molar-refractivity contribution in [3.8, 4) is 0 Å². The summed E-state index contributed by atoms with van der Waals surface area (Å²) in [6, 6.07) is 3.29. The summed E-state index contributed by atoms with van der Waals surface area (Å²) in [7, 11) is 1.60. The fraction of sp³-hybridized carbons (Fsp3) is 0.444. The maximum Gasteiger partial charge on any atom is 0.287 e. The lowest BCUT2D eigenvalue weighted by Gasteiger charge is -2.09. The lowest BCUT2D eigenvalue weighted by Crippen LogP contribution is -2.31. The van der Waals surface area contributed by atoms with E-state index in [9.17, 15) is 4.79 Å². The van der Waals surface area contributed by atoms with Crippen molar-refractivity contribution in [1.29, 1.82) is 0 Å². The predicted molar refractivity (Wildman–Crippen MR) is 47.5 cm³/mol. The molecule has 1 aromatic heterocycles. The highest BCUT2D eigenvalue weighted by Gasteiger charge is 2.08. The molecule has 1 aromatic rings. The summed E-state index contributed by atoms with van der Waals surface area (Å²) in [5.41, 5.74) is 0. The molecule has 1 N–H and O–H groups in total. The van der Waals surface area contributed by atoms with Crippen molar-refractivity contribution in [1.82, 2.24) is 5.32 Å². The number of carbonyl (C=O) groups is 1. The number of furan rings is 1. The van der Waals surface area contributed by atoms with Gasteiger partial charge in [-0.3, -0.25) is 4.79 Å². The van der Waals surface area contributed by atoms with Crippen LogP contribution < -0.4 is 5.32 Å². The third-order valence-electron chi connectivity index (χ3n) is 1.70. The summed E-state index contributed by atoms with van der Waals surface area (Å²) in [6.07, 6.45) is 1.48. The molecule has 0 bridgehead atoms. The van der Waals surface area contributed by atoms with Crippen molar-refractivity contribution >= 4 is 5.91 Å². The van der Waals surface area contributed by atoms with Gasteiger partial charge in [0.2, 0.25) is 0 Å². The molecule has 4 nitrogen and oxygen atoms in total. The normalized spacial score (nSPS) is 12.5. The second-order valence-corrected chi connectivity index (χ2v) is 2.73. The molecule has 13 heavy (non-hydrogen) atoms. The number of nitrogens with one attached hydrogen (secondary N) is 1. The van der Waals surface area contributed by atoms with Crippen LogP contribution in [0.25, 0.3) is 0 Å². The maximum atomic E-state index is 11.3. The van der Waals surface area contributed by atoms with Crippen LogP contribution >= 0.6 is 0 Å². The largest absolute Gasteiger partial charge is 0.459 e. The topological polar surface area (TPSA) is 51.5 Å². The average molecular weight is 183 g/mol. The third-order valence-corrected chi connectivity index (χ3v) is 1.70. The first-order chi connectivity index (χ1) is 6.24. The quantitative estimate of drug-likeness (QED) is 0.758. The molecule has 72 valence electrons. The molecule has 1 amide bonds. The molecule has 1 atom stereocenters. The molecule has 0 aliphatic heterocycles. The second-order valence-electron chi connectivity index (χ2n) is 2.73. The van der Waals surface area contributed by atoms with Crippen LogP contribution in [0.15, 0.2) is 22.8 Å². The van der Waals surface area contributed by atoms with Crippen molar-refractivity contribution in [2.75, 3.05) is 13.7 Å². The van der Waals surface area contributed by atoms with E-state index in [2.05, 4.69) is 5.32 Å². The van der Waals surface area contributed by atoms with E-state index in [-0.39, 0.29) is 12.0 Å². The minimum atomic E-state index is -0.214. The molecule has 0 aliphatic rings. The van der Waals surface area contributed by atoms with Gasteiger partial charge in [0.05, 0.1) is 12.4 Å². The first kappa shape index (κ1) is 9.80. The Kier molecular flexibility index (Phi) is 3.52. The Hall–Kier alpha value is -1.29. The SMILES string of the molecule is COC(C)CNC(=O)c1ccco1. The minimum Gasteiger partial charge on any atom is -0.459 e. The molecule has 0 aliphatic carbocycles. The number of carbonyl (C=O) groups excluding carboxylic acids is 1. The Morgan fingerprint density at radius 3 is 3.08 bits per heavy atom. The molecule has 0 fully saturated rings. The summed E-state index contributed by atoms with van der Waals surface area (Å²) in [6.45, 7) is 2.36. The van der Waals surface area contributed by atoms with Gasteiger partial charge in [0.25, 0.3) is 5.91 Å². The van der Waals surface area contributed by atoms with E-state index >= 15 is 0 Å². The highest BCUT2D eigenvalue weighted by molar-refractivity contribution is 5.91. The van der Waals surface area contributed by atoms with Crippen molar-refractivity contribution in [2.45, 2.75) is 13.0 Å². The Bertz CT molecular complexity index is 256. The number of hydrogen-bond donors (Lipinski definition) is 1. The molecule has 1 unspecified atom stereocenters. The maximum absolute atomic E-state index is 11.3. The van der Waals surface area contributed by atoms with Gasteiger partial charge in [-0.25, -0.2) is 0 Å². The zero-order valence-electron chi connectivity index (χ0n) is 7.74. The highest BCUT2D eigenvalue weighted by Crippen LogP contribution is 1.99. The van der Waals surface area contributed by atoms with Gasteiger partial charge in [-0.05, 0) is 19.1 Å². The van der Waals surface area contributed by atoms with Crippen LogP contribution in [-0.4, -0.2) is 25.7 Å². The molecule has 4 heteroatoms. The van der Waals surface area contributed by atoms with Crippen LogP contribution in [0.4, 0.5) is 0 Å². The first-order valence-electron chi connectivity index (χ1n) is 4.08. The molecular weight excluding hydrogens is 170 g/mol. The van der Waals surface area contributed by atoms with Gasteiger partial charge in [-0.15, -0.1) is 0 Å². The van der Waals surface area contributed by atoms with Crippen molar-refractivity contribution in [3.63, 3.8) is 0 Å². The molecule has 0 aromatic carbocycles. The van der Waals surface area contributed by atoms with Crippen LogP contribution in [0.1, 0.15) is 17.5 Å². The number of amides is 1. The third kappa shape index (κ3) is 2.91. The van der Waals surface area contributed by atoms with E-state index in [1.165, 1.54) is 6.26 Å². The second kappa shape index (κ2) is 4.67. The summed E-state index contributed by atoms with van der Waals surface area (Å²) >= 11 is 0. The number of methoxy groups -OCH3 is 1. The van der Waals surface area contributed by atoms with E-state index in [0.29, 0.717) is 12.3 Å². The monoisotopic (exact) mass is 183 g/mol. The average Bonchev–Trinajstić information content (AvgIpc) is 2.66. The van der Waals surface area contributed by atoms with Crippen molar-refractivity contribution in [2.24, 2.45) is 0 Å². The number of rotatable bonds is 4. The van der Waals surface area contributed by atoms with Crippen molar-refractivity contribution in [3.05, 3.63) is 24.2 Å². The van der Waals surface area contributed by atoms with E-state index in [1.807, 2.05) is 6.92 Å². The van der Waals surface area contributed by atoms with Crippen LogP contribution in [0.2, 0.25) is 0 Å². The van der Waals surface area contributed by atoms with Gasteiger partial charge < -0.3 is 14.5 Å². The Morgan fingerprint density at radius 1 is 1.77 bits per heavy atom. The van der Waals surface area contributed by atoms with Gasteiger partial charge >= 0.3 is 0 Å². The van der Waals surface area contributed by atoms with Gasteiger partial charge in [-0.2, -0.15) is 0 Å². The lowest BCUT2D eigenvalue weighted by atomic mass is 10.3. The van der Waals surface area contributed by atoms with Crippen molar-refractivity contribution < 1.29 is 13.9 Å². The van der Waals surface area contributed by atoms with Gasteiger partial charge in [-0.1, -0.05) is 0 Å². The minimum absolute atomic E-state index is 0.0129.